The Morgan fingerprint density at radius 2 is 1.79 bits per heavy atom. The van der Waals surface area contributed by atoms with Crippen molar-refractivity contribution in [3.8, 4) is 16.9 Å². The molecular formula is C30H33N5O3. The molecule has 1 spiro atoms. The first-order valence-corrected chi connectivity index (χ1v) is 12.9. The second-order valence-corrected chi connectivity index (χ2v) is 9.88. The van der Waals surface area contributed by atoms with Gasteiger partial charge in [-0.3, -0.25) is 14.6 Å². The average molecular weight is 512 g/mol. The van der Waals surface area contributed by atoms with E-state index in [1.54, 1.807) is 13.3 Å². The number of ether oxygens (including phenoxy) is 1. The molecule has 0 bridgehead atoms. The minimum atomic E-state index is -0.438. The predicted octanol–water partition coefficient (Wildman–Crippen LogP) is 3.67. The highest BCUT2D eigenvalue weighted by atomic mass is 16.5. The van der Waals surface area contributed by atoms with Crippen molar-refractivity contribution in [3.63, 3.8) is 0 Å². The average Bonchev–Trinajstić information content (AvgIpc) is 3.29. The SMILES string of the molecule is COc1cc(N2CCC3(CCN(C(=O)c4ccc(-c5cccnc5)cc4)CC3)C2=O)ccc1/C(=C/N)CN. The fourth-order valence-corrected chi connectivity index (χ4v) is 5.57. The molecule has 2 aliphatic rings. The predicted molar refractivity (Wildman–Crippen MR) is 148 cm³/mol. The number of benzene rings is 2. The van der Waals surface area contributed by atoms with Crippen LogP contribution in [0.1, 0.15) is 35.2 Å². The van der Waals surface area contributed by atoms with Crippen molar-refractivity contribution >= 4 is 23.1 Å². The molecule has 3 heterocycles. The molecule has 0 unspecified atom stereocenters. The number of anilines is 1. The summed E-state index contributed by atoms with van der Waals surface area (Å²) in [6.45, 7) is 2.06. The quantitative estimate of drug-likeness (QED) is 0.522. The van der Waals surface area contributed by atoms with Gasteiger partial charge in [0.1, 0.15) is 5.75 Å². The zero-order chi connectivity index (χ0) is 26.7. The second-order valence-electron chi connectivity index (χ2n) is 9.88. The number of hydrogen-bond donors (Lipinski definition) is 2. The first-order chi connectivity index (χ1) is 18.5. The van der Waals surface area contributed by atoms with Crippen molar-refractivity contribution in [3.05, 3.63) is 84.3 Å². The third kappa shape index (κ3) is 4.63. The maximum absolute atomic E-state index is 13.7. The molecule has 0 aliphatic carbocycles. The smallest absolute Gasteiger partial charge is 0.253 e. The number of rotatable bonds is 6. The molecule has 8 nitrogen and oxygen atoms in total. The molecular weight excluding hydrogens is 478 g/mol. The molecule has 4 N–H and O–H groups in total. The van der Waals surface area contributed by atoms with Gasteiger partial charge in [0.2, 0.25) is 5.91 Å². The summed E-state index contributed by atoms with van der Waals surface area (Å²) in [5.74, 6) is 0.755. The normalized spacial score (nSPS) is 17.2. The van der Waals surface area contributed by atoms with Crippen LogP contribution >= 0.6 is 0 Å². The van der Waals surface area contributed by atoms with Gasteiger partial charge in [-0.2, -0.15) is 0 Å². The van der Waals surface area contributed by atoms with Crippen LogP contribution in [0.2, 0.25) is 0 Å². The number of nitrogens with two attached hydrogens (primary N) is 2. The number of likely N-dealkylation sites (tertiary alicyclic amines) is 1. The van der Waals surface area contributed by atoms with Crippen molar-refractivity contribution in [2.45, 2.75) is 19.3 Å². The number of nitrogens with zero attached hydrogens (tertiary/aromatic N) is 3. The van der Waals surface area contributed by atoms with Crippen LogP contribution < -0.4 is 21.1 Å². The summed E-state index contributed by atoms with van der Waals surface area (Å²) in [5.41, 5.74) is 16.2. The molecule has 0 saturated carbocycles. The van der Waals surface area contributed by atoms with Crippen molar-refractivity contribution < 1.29 is 14.3 Å². The zero-order valence-corrected chi connectivity index (χ0v) is 21.6. The maximum Gasteiger partial charge on any atom is 0.253 e. The minimum Gasteiger partial charge on any atom is -0.496 e. The summed E-state index contributed by atoms with van der Waals surface area (Å²) in [4.78, 5) is 34.7. The fourth-order valence-electron chi connectivity index (χ4n) is 5.57. The Labute approximate surface area is 222 Å². The van der Waals surface area contributed by atoms with Gasteiger partial charge >= 0.3 is 0 Å². The van der Waals surface area contributed by atoms with Gasteiger partial charge in [-0.15, -0.1) is 0 Å². The third-order valence-corrected chi connectivity index (χ3v) is 7.91. The summed E-state index contributed by atoms with van der Waals surface area (Å²) in [7, 11) is 1.60. The van der Waals surface area contributed by atoms with E-state index in [0.29, 0.717) is 50.3 Å². The van der Waals surface area contributed by atoms with Gasteiger partial charge < -0.3 is 26.0 Å². The summed E-state index contributed by atoms with van der Waals surface area (Å²) in [5, 5.41) is 0. The fraction of sp³-hybridized carbons (Fsp3) is 0.300. The third-order valence-electron chi connectivity index (χ3n) is 7.91. The van der Waals surface area contributed by atoms with Crippen LogP contribution in [0.3, 0.4) is 0 Å². The van der Waals surface area contributed by atoms with Crippen molar-refractivity contribution in [2.24, 2.45) is 16.9 Å². The monoisotopic (exact) mass is 511 g/mol. The summed E-state index contributed by atoms with van der Waals surface area (Å²) in [6, 6.07) is 17.2. The molecule has 0 atom stereocenters. The molecule has 1 aromatic heterocycles. The van der Waals surface area contributed by atoms with Crippen LogP contribution in [0, 0.1) is 5.41 Å². The number of aromatic nitrogens is 1. The van der Waals surface area contributed by atoms with E-state index in [-0.39, 0.29) is 11.8 Å². The first kappa shape index (κ1) is 25.5. The van der Waals surface area contributed by atoms with Crippen LogP contribution in [0.4, 0.5) is 5.69 Å². The van der Waals surface area contributed by atoms with E-state index >= 15 is 0 Å². The van der Waals surface area contributed by atoms with Gasteiger partial charge in [-0.1, -0.05) is 18.2 Å². The van der Waals surface area contributed by atoms with Crippen LogP contribution in [0.5, 0.6) is 5.75 Å². The standard InChI is InChI=1S/C30H33N5O3/c1-38-27-17-25(8-9-26(27)24(18-31)19-32)35-16-12-30(29(35)37)10-14-34(15-11-30)28(36)22-6-4-21(5-7-22)23-3-2-13-33-20-23/h2-9,13,17-18,20H,10-12,14-16,19,31-32H2,1H3/b24-18+. The molecule has 2 aliphatic heterocycles. The van der Waals surface area contributed by atoms with Gasteiger partial charge in [0.15, 0.2) is 0 Å². The lowest BCUT2D eigenvalue weighted by atomic mass is 9.77. The Morgan fingerprint density at radius 1 is 1.05 bits per heavy atom. The van der Waals surface area contributed by atoms with Gasteiger partial charge in [-0.05, 0) is 72.5 Å². The maximum atomic E-state index is 13.7. The Hall–Kier alpha value is -4.17. The van der Waals surface area contributed by atoms with E-state index in [1.165, 1.54) is 6.20 Å². The van der Waals surface area contributed by atoms with Gasteiger partial charge in [0.05, 0.1) is 12.5 Å². The Bertz CT molecular complexity index is 1350. The molecule has 0 radical (unpaired) electrons. The van der Waals surface area contributed by atoms with Crippen LogP contribution in [0.15, 0.2) is 73.2 Å². The number of pyridine rings is 1. The molecule has 2 amide bonds. The number of piperidine rings is 1. The van der Waals surface area contributed by atoms with Crippen molar-refractivity contribution in [1.82, 2.24) is 9.88 Å². The molecule has 8 heteroatoms. The van der Waals surface area contributed by atoms with E-state index in [0.717, 1.165) is 34.4 Å². The highest BCUT2D eigenvalue weighted by molar-refractivity contribution is 6.01. The molecule has 3 aromatic rings. The highest BCUT2D eigenvalue weighted by Gasteiger charge is 2.49. The van der Waals surface area contributed by atoms with Crippen molar-refractivity contribution in [1.29, 1.82) is 0 Å². The largest absolute Gasteiger partial charge is 0.496 e. The van der Waals surface area contributed by atoms with E-state index < -0.39 is 5.41 Å². The van der Waals surface area contributed by atoms with E-state index in [2.05, 4.69) is 4.98 Å². The van der Waals surface area contributed by atoms with Gasteiger partial charge in [0.25, 0.3) is 5.91 Å². The molecule has 2 fully saturated rings. The molecule has 38 heavy (non-hydrogen) atoms. The van der Waals surface area contributed by atoms with Crippen molar-refractivity contribution in [2.75, 3.05) is 38.2 Å². The van der Waals surface area contributed by atoms with Crippen LogP contribution in [0.25, 0.3) is 16.7 Å². The lowest BCUT2D eigenvalue weighted by molar-refractivity contribution is -0.127. The van der Waals surface area contributed by atoms with E-state index in [1.807, 2.05) is 70.6 Å². The Morgan fingerprint density at radius 3 is 2.42 bits per heavy atom. The highest BCUT2D eigenvalue weighted by Crippen LogP contribution is 2.44. The first-order valence-electron chi connectivity index (χ1n) is 12.9. The zero-order valence-electron chi connectivity index (χ0n) is 21.6. The number of carbonyl (C=O) groups is 2. The molecule has 196 valence electrons. The lowest BCUT2D eigenvalue weighted by Gasteiger charge is -2.38. The van der Waals surface area contributed by atoms with E-state index in [4.69, 9.17) is 16.2 Å². The number of methoxy groups -OCH3 is 1. The van der Waals surface area contributed by atoms with Gasteiger partial charge in [-0.25, -0.2) is 0 Å². The minimum absolute atomic E-state index is 0.00359. The number of amides is 2. The number of hydrogen-bond acceptors (Lipinski definition) is 6. The van der Waals surface area contributed by atoms with Crippen LogP contribution in [-0.2, 0) is 4.79 Å². The molecule has 2 aromatic carbocycles. The lowest BCUT2D eigenvalue weighted by Crippen LogP contribution is -2.46. The second kappa shape index (κ2) is 10.7. The summed E-state index contributed by atoms with van der Waals surface area (Å²) in [6.07, 6.45) is 7.12. The topological polar surface area (TPSA) is 115 Å². The molecule has 2 saturated heterocycles. The van der Waals surface area contributed by atoms with E-state index in [9.17, 15) is 9.59 Å². The van der Waals surface area contributed by atoms with Gasteiger partial charge in [0, 0.05) is 61.5 Å². The van der Waals surface area contributed by atoms with Crippen LogP contribution in [-0.4, -0.2) is 55.0 Å². The summed E-state index contributed by atoms with van der Waals surface area (Å²) < 4.78 is 5.58. The number of carbonyl (C=O) groups excluding carboxylic acids is 2. The molecule has 5 rings (SSSR count). The summed E-state index contributed by atoms with van der Waals surface area (Å²) >= 11 is 0. The Balaban J connectivity index is 1.25. The Kier molecular flexibility index (Phi) is 7.15.